The van der Waals surface area contributed by atoms with Gasteiger partial charge in [0.15, 0.2) is 0 Å². The van der Waals surface area contributed by atoms with Crippen LogP contribution in [0.25, 0.3) is 11.1 Å². The summed E-state index contributed by atoms with van der Waals surface area (Å²) in [5.41, 5.74) is 5.49. The van der Waals surface area contributed by atoms with Gasteiger partial charge >= 0.3 is 0 Å². The van der Waals surface area contributed by atoms with Gasteiger partial charge in [-0.15, -0.1) is 0 Å². The maximum atomic E-state index is 3.40. The first-order valence-electron chi connectivity index (χ1n) is 6.83. The Labute approximate surface area is 111 Å². The van der Waals surface area contributed by atoms with Crippen molar-refractivity contribution in [2.75, 3.05) is 0 Å². The van der Waals surface area contributed by atoms with Crippen molar-refractivity contribution in [1.82, 2.24) is 0 Å². The van der Waals surface area contributed by atoms with Crippen LogP contribution in [0.2, 0.25) is 0 Å². The van der Waals surface area contributed by atoms with Gasteiger partial charge in [-0.05, 0) is 40.7 Å². The van der Waals surface area contributed by atoms with Gasteiger partial charge in [0, 0.05) is 0 Å². The third-order valence-corrected chi connectivity index (χ3v) is 3.29. The van der Waals surface area contributed by atoms with Crippen molar-refractivity contribution < 1.29 is 0 Å². The molecule has 0 saturated carbocycles. The van der Waals surface area contributed by atoms with E-state index in [4.69, 9.17) is 0 Å². The summed E-state index contributed by atoms with van der Waals surface area (Å²) in [4.78, 5) is 0. The van der Waals surface area contributed by atoms with Crippen LogP contribution in [-0.2, 0) is 6.42 Å². The van der Waals surface area contributed by atoms with Crippen LogP contribution in [0.1, 0.15) is 44.2 Å². The number of aryl methyl sites for hydroxylation is 1. The van der Waals surface area contributed by atoms with Crippen LogP contribution in [0, 0.1) is 6.07 Å². The van der Waals surface area contributed by atoms with Gasteiger partial charge in [0.25, 0.3) is 0 Å². The van der Waals surface area contributed by atoms with Crippen molar-refractivity contribution in [2.24, 2.45) is 0 Å². The SMILES string of the molecule is CCCc1ccccc1-c1ccc[c]c1C(C)C. The zero-order valence-electron chi connectivity index (χ0n) is 11.5. The van der Waals surface area contributed by atoms with E-state index in [0.717, 1.165) is 6.42 Å². The first-order valence-corrected chi connectivity index (χ1v) is 6.83. The summed E-state index contributed by atoms with van der Waals surface area (Å²) in [5.74, 6) is 0.510. The Kier molecular flexibility index (Phi) is 4.19. The summed E-state index contributed by atoms with van der Waals surface area (Å²) in [6, 6.07) is 18.5. The van der Waals surface area contributed by atoms with Crippen LogP contribution in [0.5, 0.6) is 0 Å². The molecule has 0 heterocycles. The van der Waals surface area contributed by atoms with Crippen molar-refractivity contribution >= 4 is 0 Å². The molecular weight excluding hydrogens is 216 g/mol. The molecule has 0 amide bonds. The lowest BCUT2D eigenvalue weighted by molar-refractivity contribution is 0.865. The fraction of sp³-hybridized carbons (Fsp3) is 0.333. The number of rotatable bonds is 4. The van der Waals surface area contributed by atoms with Crippen molar-refractivity contribution in [3.05, 3.63) is 59.7 Å². The standard InChI is InChI=1S/C18H21/c1-4-9-15-10-5-6-12-17(15)18-13-8-7-11-16(18)14(2)3/h5-8,10,12-14H,4,9H2,1-3H3. The number of hydrogen-bond donors (Lipinski definition) is 0. The minimum absolute atomic E-state index is 0.510. The molecule has 0 bridgehead atoms. The fourth-order valence-corrected chi connectivity index (χ4v) is 2.43. The third-order valence-electron chi connectivity index (χ3n) is 3.29. The van der Waals surface area contributed by atoms with Crippen LogP contribution >= 0.6 is 0 Å². The molecule has 0 aliphatic heterocycles. The lowest BCUT2D eigenvalue weighted by Crippen LogP contribution is -1.95. The van der Waals surface area contributed by atoms with Crippen LogP contribution in [0.15, 0.2) is 42.5 Å². The number of benzene rings is 2. The van der Waals surface area contributed by atoms with Crippen molar-refractivity contribution in [3.8, 4) is 11.1 Å². The van der Waals surface area contributed by atoms with Gasteiger partial charge in [-0.2, -0.15) is 0 Å². The zero-order valence-corrected chi connectivity index (χ0v) is 11.5. The molecule has 18 heavy (non-hydrogen) atoms. The molecule has 0 unspecified atom stereocenters. The summed E-state index contributed by atoms with van der Waals surface area (Å²) in [6.07, 6.45) is 2.33. The molecule has 0 nitrogen and oxygen atoms in total. The minimum Gasteiger partial charge on any atom is -0.0651 e. The van der Waals surface area contributed by atoms with E-state index >= 15 is 0 Å². The summed E-state index contributed by atoms with van der Waals surface area (Å²) >= 11 is 0. The quantitative estimate of drug-likeness (QED) is 0.683. The van der Waals surface area contributed by atoms with Gasteiger partial charge in [0.2, 0.25) is 0 Å². The summed E-state index contributed by atoms with van der Waals surface area (Å²) in [6.45, 7) is 6.70. The highest BCUT2D eigenvalue weighted by Gasteiger charge is 2.10. The van der Waals surface area contributed by atoms with Crippen LogP contribution in [-0.4, -0.2) is 0 Å². The topological polar surface area (TPSA) is 0 Å². The minimum atomic E-state index is 0.510. The smallest absolute Gasteiger partial charge is 0.0140 e. The Morgan fingerprint density at radius 1 is 1.00 bits per heavy atom. The van der Waals surface area contributed by atoms with E-state index in [2.05, 4.69) is 63.2 Å². The van der Waals surface area contributed by atoms with E-state index in [9.17, 15) is 0 Å². The Balaban J connectivity index is 2.55. The molecule has 0 spiro atoms. The molecule has 2 rings (SSSR count). The molecule has 0 saturated heterocycles. The van der Waals surface area contributed by atoms with Gasteiger partial charge in [-0.1, -0.05) is 69.7 Å². The van der Waals surface area contributed by atoms with Crippen molar-refractivity contribution in [2.45, 2.75) is 39.5 Å². The Morgan fingerprint density at radius 2 is 1.72 bits per heavy atom. The predicted molar refractivity (Wildman–Crippen MR) is 78.8 cm³/mol. The molecule has 93 valence electrons. The molecule has 0 heteroatoms. The Morgan fingerprint density at radius 3 is 2.44 bits per heavy atom. The van der Waals surface area contributed by atoms with Crippen LogP contribution in [0.3, 0.4) is 0 Å². The third kappa shape index (κ3) is 2.64. The molecule has 0 aliphatic carbocycles. The van der Waals surface area contributed by atoms with E-state index in [-0.39, 0.29) is 0 Å². The van der Waals surface area contributed by atoms with Gasteiger partial charge < -0.3 is 0 Å². The van der Waals surface area contributed by atoms with E-state index < -0.39 is 0 Å². The molecule has 2 aromatic carbocycles. The predicted octanol–water partition coefficient (Wildman–Crippen LogP) is 5.23. The zero-order chi connectivity index (χ0) is 13.0. The maximum absolute atomic E-state index is 3.40. The van der Waals surface area contributed by atoms with Gasteiger partial charge in [0.05, 0.1) is 0 Å². The lowest BCUT2D eigenvalue weighted by Gasteiger charge is -2.15. The average molecular weight is 237 g/mol. The second-order valence-corrected chi connectivity index (χ2v) is 5.06. The monoisotopic (exact) mass is 237 g/mol. The first-order chi connectivity index (χ1) is 8.74. The van der Waals surface area contributed by atoms with Gasteiger partial charge in [-0.25, -0.2) is 0 Å². The van der Waals surface area contributed by atoms with Crippen molar-refractivity contribution in [1.29, 1.82) is 0 Å². The molecule has 0 fully saturated rings. The van der Waals surface area contributed by atoms with E-state index in [1.165, 1.54) is 28.7 Å². The van der Waals surface area contributed by atoms with Crippen molar-refractivity contribution in [3.63, 3.8) is 0 Å². The summed E-state index contributed by atoms with van der Waals surface area (Å²) in [5, 5.41) is 0. The second-order valence-electron chi connectivity index (χ2n) is 5.06. The highest BCUT2D eigenvalue weighted by atomic mass is 14.1. The summed E-state index contributed by atoms with van der Waals surface area (Å²) < 4.78 is 0. The second kappa shape index (κ2) is 5.86. The lowest BCUT2D eigenvalue weighted by atomic mass is 9.89. The van der Waals surface area contributed by atoms with E-state index in [1.807, 2.05) is 6.07 Å². The molecular formula is C18H21. The number of hydrogen-bond acceptors (Lipinski definition) is 0. The molecule has 0 aromatic heterocycles. The average Bonchev–Trinajstić information content (AvgIpc) is 2.40. The highest BCUT2D eigenvalue weighted by Crippen LogP contribution is 2.31. The normalized spacial score (nSPS) is 10.9. The first kappa shape index (κ1) is 12.9. The molecule has 0 aliphatic rings. The molecule has 2 aromatic rings. The molecule has 1 radical (unpaired) electrons. The molecule has 0 N–H and O–H groups in total. The maximum Gasteiger partial charge on any atom is -0.0140 e. The van der Waals surface area contributed by atoms with E-state index in [1.54, 1.807) is 0 Å². The van der Waals surface area contributed by atoms with Gasteiger partial charge in [0.1, 0.15) is 0 Å². The fourth-order valence-electron chi connectivity index (χ4n) is 2.43. The summed E-state index contributed by atoms with van der Waals surface area (Å²) in [7, 11) is 0. The Hall–Kier alpha value is -1.56. The highest BCUT2D eigenvalue weighted by molar-refractivity contribution is 5.71. The molecule has 0 atom stereocenters. The van der Waals surface area contributed by atoms with Gasteiger partial charge in [-0.3, -0.25) is 0 Å². The largest absolute Gasteiger partial charge is 0.0651 e. The van der Waals surface area contributed by atoms with E-state index in [0.29, 0.717) is 5.92 Å². The Bertz CT molecular complexity index is 509. The van der Waals surface area contributed by atoms with Crippen LogP contribution < -0.4 is 0 Å². The van der Waals surface area contributed by atoms with Crippen LogP contribution in [0.4, 0.5) is 0 Å².